The smallest absolute Gasteiger partial charge is 0.314 e. The van der Waals surface area contributed by atoms with E-state index >= 15 is 0 Å². The number of benzene rings is 6. The lowest BCUT2D eigenvalue weighted by atomic mass is 9.82. The van der Waals surface area contributed by atoms with Gasteiger partial charge in [0.05, 0.1) is 25.0 Å². The van der Waals surface area contributed by atoms with Crippen molar-refractivity contribution in [1.29, 1.82) is 0 Å². The number of ether oxygens (including phenoxy) is 4. The Labute approximate surface area is 337 Å². The van der Waals surface area contributed by atoms with Crippen molar-refractivity contribution in [2.45, 2.75) is 35.5 Å². The molecule has 6 aromatic carbocycles. The van der Waals surface area contributed by atoms with E-state index in [4.69, 9.17) is 18.9 Å². The van der Waals surface area contributed by atoms with E-state index < -0.39 is 0 Å². The van der Waals surface area contributed by atoms with Gasteiger partial charge in [-0.3, -0.25) is 9.59 Å². The second-order valence-corrected chi connectivity index (χ2v) is 15.8. The van der Waals surface area contributed by atoms with Gasteiger partial charge in [-0.25, -0.2) is 0 Å². The van der Waals surface area contributed by atoms with E-state index in [0.29, 0.717) is 50.4 Å². The molecule has 56 heavy (non-hydrogen) atoms. The summed E-state index contributed by atoms with van der Waals surface area (Å²) < 4.78 is 23.3. The highest BCUT2D eigenvalue weighted by Crippen LogP contribution is 2.33. The minimum Gasteiger partial charge on any atom is -0.493 e. The van der Waals surface area contributed by atoms with Gasteiger partial charge in [0.2, 0.25) is 0 Å². The van der Waals surface area contributed by atoms with Crippen LogP contribution in [-0.2, 0) is 9.59 Å². The number of rotatable bonds is 16. The summed E-state index contributed by atoms with van der Waals surface area (Å²) in [7, 11) is 0. The largest absolute Gasteiger partial charge is 0.493 e. The van der Waals surface area contributed by atoms with E-state index in [1.54, 1.807) is 23.5 Å². The van der Waals surface area contributed by atoms with Crippen LogP contribution in [0, 0.1) is 11.8 Å². The van der Waals surface area contributed by atoms with Crippen molar-refractivity contribution < 1.29 is 28.5 Å². The zero-order valence-corrected chi connectivity index (χ0v) is 32.7. The number of carbonyl (C=O) groups excluding carboxylic acids is 2. The molecule has 284 valence electrons. The first kappa shape index (κ1) is 38.8. The van der Waals surface area contributed by atoms with Crippen LogP contribution in [0.15, 0.2) is 168 Å². The molecule has 7 rings (SSSR count). The molecule has 0 atom stereocenters. The third-order valence-corrected chi connectivity index (χ3v) is 11.6. The van der Waals surface area contributed by atoms with Crippen LogP contribution in [0.1, 0.15) is 25.7 Å². The number of hydrogen-bond donors (Lipinski definition) is 0. The second kappa shape index (κ2) is 19.9. The predicted octanol–water partition coefficient (Wildman–Crippen LogP) is 11.7. The van der Waals surface area contributed by atoms with Crippen molar-refractivity contribution >= 4 is 35.5 Å². The van der Waals surface area contributed by atoms with Gasteiger partial charge in [-0.15, -0.1) is 23.5 Å². The molecule has 0 radical (unpaired) electrons. The molecule has 0 unspecified atom stereocenters. The molecule has 1 fully saturated rings. The highest BCUT2D eigenvalue weighted by Gasteiger charge is 2.32. The van der Waals surface area contributed by atoms with Crippen LogP contribution < -0.4 is 18.9 Å². The maximum atomic E-state index is 13.0. The van der Waals surface area contributed by atoms with E-state index in [1.807, 2.05) is 133 Å². The van der Waals surface area contributed by atoms with Gasteiger partial charge in [0.1, 0.15) is 23.0 Å². The number of esters is 2. The molecule has 6 aromatic rings. The Bertz CT molecular complexity index is 1960. The van der Waals surface area contributed by atoms with Crippen LogP contribution in [0.5, 0.6) is 23.0 Å². The van der Waals surface area contributed by atoms with Gasteiger partial charge < -0.3 is 18.9 Å². The molecule has 1 saturated carbocycles. The van der Waals surface area contributed by atoms with Crippen molar-refractivity contribution in [1.82, 2.24) is 0 Å². The summed E-state index contributed by atoms with van der Waals surface area (Å²) in [5.41, 5.74) is 4.15. The zero-order valence-electron chi connectivity index (χ0n) is 31.1. The van der Waals surface area contributed by atoms with Gasteiger partial charge in [-0.2, -0.15) is 0 Å². The molecular weight excluding hydrogens is 737 g/mol. The van der Waals surface area contributed by atoms with Gasteiger partial charge in [0.15, 0.2) is 0 Å². The summed E-state index contributed by atoms with van der Waals surface area (Å²) in [6.45, 7) is 1.26. The molecule has 0 heterocycles. The van der Waals surface area contributed by atoms with Crippen LogP contribution in [0.2, 0.25) is 0 Å². The van der Waals surface area contributed by atoms with E-state index in [0.717, 1.165) is 45.3 Å². The zero-order chi connectivity index (χ0) is 38.4. The minimum absolute atomic E-state index is 0.249. The molecule has 0 spiro atoms. The third-order valence-electron chi connectivity index (χ3n) is 9.64. The first-order valence-electron chi connectivity index (χ1n) is 19.0. The Balaban J connectivity index is 0.801. The fourth-order valence-corrected chi connectivity index (χ4v) is 8.06. The van der Waals surface area contributed by atoms with Crippen molar-refractivity contribution in [3.05, 3.63) is 158 Å². The summed E-state index contributed by atoms with van der Waals surface area (Å²) in [6.07, 6.45) is 2.34. The molecule has 0 amide bonds. The SMILES string of the molecule is O=C(Oc1ccc(-c2ccc(OCCSc3ccccc3)cc2)cc1)[C@H]1CC[C@H](C(=O)Oc2ccc(-c3ccc(OCCSc4ccccc4)cc3)cc2)CC1. The summed E-state index contributed by atoms with van der Waals surface area (Å²) in [5.74, 6) is 3.43. The number of thioether (sulfide) groups is 2. The molecule has 8 heteroatoms. The summed E-state index contributed by atoms with van der Waals surface area (Å²) in [4.78, 5) is 28.5. The Kier molecular flexibility index (Phi) is 13.8. The lowest BCUT2D eigenvalue weighted by Gasteiger charge is -2.25. The van der Waals surface area contributed by atoms with Crippen LogP contribution in [0.3, 0.4) is 0 Å². The summed E-state index contributed by atoms with van der Waals surface area (Å²) >= 11 is 3.55. The average molecular weight is 781 g/mol. The second-order valence-electron chi connectivity index (χ2n) is 13.5. The molecule has 0 saturated heterocycles. The molecule has 0 N–H and O–H groups in total. The van der Waals surface area contributed by atoms with Gasteiger partial charge in [-0.1, -0.05) is 84.9 Å². The maximum Gasteiger partial charge on any atom is 0.314 e. The van der Waals surface area contributed by atoms with E-state index in [9.17, 15) is 9.59 Å². The van der Waals surface area contributed by atoms with Crippen LogP contribution >= 0.6 is 23.5 Å². The third kappa shape index (κ3) is 11.3. The minimum atomic E-state index is -0.256. The lowest BCUT2D eigenvalue weighted by Crippen LogP contribution is -2.30. The summed E-state index contributed by atoms with van der Waals surface area (Å²) in [5, 5.41) is 0. The predicted molar refractivity (Wildman–Crippen MR) is 226 cm³/mol. The van der Waals surface area contributed by atoms with Gasteiger partial charge in [0, 0.05) is 21.3 Å². The highest BCUT2D eigenvalue weighted by molar-refractivity contribution is 7.99. The van der Waals surface area contributed by atoms with Gasteiger partial charge in [0.25, 0.3) is 0 Å². The standard InChI is InChI=1S/C48H44O6S2/c49-47(53-43-27-19-37(20-28-43)35-15-23-41(24-16-35)51-31-33-55-45-7-3-1-4-8-45)39-11-13-40(14-12-39)48(50)54-44-29-21-38(22-30-44)36-17-25-42(26-18-36)52-32-34-56-46-9-5-2-6-10-46/h1-10,15-30,39-40H,11-14,31-34H2/t39-,40-. The molecule has 0 bridgehead atoms. The van der Waals surface area contributed by atoms with Gasteiger partial charge in [-0.05, 0) is 121 Å². The molecular formula is C48H44O6S2. The molecule has 0 aliphatic heterocycles. The Hall–Kier alpha value is -5.44. The lowest BCUT2D eigenvalue weighted by molar-refractivity contribution is -0.145. The number of carbonyl (C=O) groups is 2. The van der Waals surface area contributed by atoms with Crippen molar-refractivity contribution in [2.75, 3.05) is 24.7 Å². The Morgan fingerprint density at radius 3 is 1.04 bits per heavy atom. The van der Waals surface area contributed by atoms with Crippen LogP contribution in [0.25, 0.3) is 22.3 Å². The summed E-state index contributed by atoms with van der Waals surface area (Å²) in [6, 6.07) is 51.8. The van der Waals surface area contributed by atoms with E-state index in [-0.39, 0.29) is 23.8 Å². The maximum absolute atomic E-state index is 13.0. The first-order valence-corrected chi connectivity index (χ1v) is 21.0. The fraction of sp³-hybridized carbons (Fsp3) is 0.208. The molecule has 6 nitrogen and oxygen atoms in total. The molecule has 1 aliphatic carbocycles. The number of hydrogen-bond acceptors (Lipinski definition) is 8. The van der Waals surface area contributed by atoms with Gasteiger partial charge >= 0.3 is 11.9 Å². The van der Waals surface area contributed by atoms with Crippen LogP contribution in [-0.4, -0.2) is 36.7 Å². The Morgan fingerprint density at radius 1 is 0.411 bits per heavy atom. The molecule has 0 aromatic heterocycles. The first-order chi connectivity index (χ1) is 27.6. The van der Waals surface area contributed by atoms with Crippen molar-refractivity contribution in [2.24, 2.45) is 11.8 Å². The topological polar surface area (TPSA) is 71.1 Å². The van der Waals surface area contributed by atoms with Crippen LogP contribution in [0.4, 0.5) is 0 Å². The van der Waals surface area contributed by atoms with Crippen molar-refractivity contribution in [3.63, 3.8) is 0 Å². The molecule has 1 aliphatic rings. The monoisotopic (exact) mass is 780 g/mol. The fourth-order valence-electron chi connectivity index (χ4n) is 6.55. The normalized spacial score (nSPS) is 15.1. The average Bonchev–Trinajstić information content (AvgIpc) is 3.26. The highest BCUT2D eigenvalue weighted by atomic mass is 32.2. The Morgan fingerprint density at radius 2 is 0.714 bits per heavy atom. The van der Waals surface area contributed by atoms with E-state index in [1.165, 1.54) is 9.79 Å². The van der Waals surface area contributed by atoms with E-state index in [2.05, 4.69) is 24.3 Å². The van der Waals surface area contributed by atoms with Crippen molar-refractivity contribution in [3.8, 4) is 45.3 Å². The quantitative estimate of drug-likeness (QED) is 0.0416.